The number of hydrogen-bond acceptors (Lipinski definition) is 9. The fourth-order valence-electron chi connectivity index (χ4n) is 2.87. The van der Waals surface area contributed by atoms with Gasteiger partial charge < -0.3 is 21.0 Å². The van der Waals surface area contributed by atoms with E-state index in [0.717, 1.165) is 28.0 Å². The number of halogens is 3. The highest BCUT2D eigenvalue weighted by Crippen LogP contribution is 2.41. The predicted octanol–water partition coefficient (Wildman–Crippen LogP) is 0.933. The molecule has 1 aromatic rings. The van der Waals surface area contributed by atoms with Gasteiger partial charge in [0.2, 0.25) is 0 Å². The third-order valence-electron chi connectivity index (χ3n) is 4.12. The maximum absolute atomic E-state index is 12.6. The van der Waals surface area contributed by atoms with E-state index in [0.29, 0.717) is 6.08 Å². The first-order chi connectivity index (χ1) is 14.5. The number of hydrogen-bond donors (Lipinski definition) is 3. The molecule has 4 N–H and O–H groups in total. The number of nitrogens with zero attached hydrogens (tertiary/aromatic N) is 3. The van der Waals surface area contributed by atoms with Crippen LogP contribution in [-0.4, -0.2) is 68.9 Å². The molecule has 0 spiro atoms. The lowest BCUT2D eigenvalue weighted by molar-refractivity contribution is -0.150. The third-order valence-corrected chi connectivity index (χ3v) is 6.10. The number of carbonyl (C=O) groups is 3. The summed E-state index contributed by atoms with van der Waals surface area (Å²) in [5, 5.41) is 16.3. The number of β-lactam (4-membered cyclic amide) rings is 1. The van der Waals surface area contributed by atoms with Crippen LogP contribution in [0.3, 0.4) is 0 Å². The molecule has 3 heterocycles. The largest absolute Gasteiger partial charge is 0.477 e. The number of aliphatic carboxylic acids is 1. The second-order valence-electron chi connectivity index (χ2n) is 6.11. The zero-order valence-corrected chi connectivity index (χ0v) is 17.2. The van der Waals surface area contributed by atoms with Crippen molar-refractivity contribution in [3.05, 3.63) is 34.5 Å². The Morgan fingerprint density at radius 3 is 2.74 bits per heavy atom. The van der Waals surface area contributed by atoms with E-state index >= 15 is 0 Å². The second-order valence-corrected chi connectivity index (χ2v) is 8.10. The molecule has 2 aliphatic heterocycles. The standard InChI is InChI=1S/C16H14F3N5O5S2/c1-29-23-8(7-5-31-15(20)21-7)11(25)22-9-12(26)24-10(14(27)28)6(4-30-13(9)24)2-3-16(17,18)19/h2-3,5,9,13H,4H2,1H3,(H2,20,21)(H,22,25)(H,27,28)/b3-2+,23-8-. The highest BCUT2D eigenvalue weighted by molar-refractivity contribution is 8.00. The number of nitrogen functional groups attached to an aromatic ring is 1. The van der Waals surface area contributed by atoms with Gasteiger partial charge in [0.25, 0.3) is 11.8 Å². The van der Waals surface area contributed by atoms with Gasteiger partial charge in [0.15, 0.2) is 10.8 Å². The Balaban J connectivity index is 1.81. The van der Waals surface area contributed by atoms with E-state index < -0.39 is 41.1 Å². The van der Waals surface area contributed by atoms with E-state index in [4.69, 9.17) is 5.73 Å². The first kappa shape index (κ1) is 22.6. The predicted molar refractivity (Wildman–Crippen MR) is 105 cm³/mol. The molecule has 15 heteroatoms. The van der Waals surface area contributed by atoms with Crippen LogP contribution in [0.1, 0.15) is 5.69 Å². The average molecular weight is 477 g/mol. The van der Waals surface area contributed by atoms with E-state index in [1.54, 1.807) is 0 Å². The molecule has 166 valence electrons. The number of thioether (sulfide) groups is 1. The smallest absolute Gasteiger partial charge is 0.409 e. The molecular weight excluding hydrogens is 463 g/mol. The van der Waals surface area contributed by atoms with E-state index in [1.165, 1.54) is 12.5 Å². The average Bonchev–Trinajstić information content (AvgIpc) is 3.12. The summed E-state index contributed by atoms with van der Waals surface area (Å²) < 4.78 is 37.4. The van der Waals surface area contributed by atoms with E-state index in [9.17, 15) is 32.7 Å². The molecule has 0 saturated carbocycles. The molecule has 1 saturated heterocycles. The Labute approximate surface area is 180 Å². The number of carboxylic acids is 1. The van der Waals surface area contributed by atoms with Crippen molar-refractivity contribution in [3.63, 3.8) is 0 Å². The Morgan fingerprint density at radius 1 is 1.48 bits per heavy atom. The van der Waals surface area contributed by atoms with Gasteiger partial charge in [-0.3, -0.25) is 14.5 Å². The number of aromatic nitrogens is 1. The fraction of sp³-hybridized carbons (Fsp3) is 0.312. The van der Waals surface area contributed by atoms with Gasteiger partial charge in [0.1, 0.15) is 29.9 Å². The number of carboxylic acid groups (broad SMARTS) is 1. The molecule has 2 aliphatic rings. The molecule has 1 fully saturated rings. The van der Waals surface area contributed by atoms with Gasteiger partial charge in [-0.25, -0.2) is 9.78 Å². The summed E-state index contributed by atoms with van der Waals surface area (Å²) in [4.78, 5) is 46.2. The van der Waals surface area contributed by atoms with Crippen molar-refractivity contribution in [2.45, 2.75) is 17.6 Å². The number of anilines is 1. The highest BCUT2D eigenvalue weighted by atomic mass is 32.2. The molecule has 1 aromatic heterocycles. The summed E-state index contributed by atoms with van der Waals surface area (Å²) in [6.45, 7) is 0. The van der Waals surface area contributed by atoms with Crippen LogP contribution in [-0.2, 0) is 19.2 Å². The normalized spacial score (nSPS) is 21.7. The lowest BCUT2D eigenvalue weighted by atomic mass is 10.0. The summed E-state index contributed by atoms with van der Waals surface area (Å²) >= 11 is 2.07. The van der Waals surface area contributed by atoms with E-state index in [2.05, 4.69) is 20.3 Å². The Morgan fingerprint density at radius 2 is 2.19 bits per heavy atom. The lowest BCUT2D eigenvalue weighted by Gasteiger charge is -2.49. The number of oxime groups is 1. The summed E-state index contributed by atoms with van der Waals surface area (Å²) in [6.07, 6.45) is -4.10. The summed E-state index contributed by atoms with van der Waals surface area (Å²) in [5.41, 5.74) is 4.70. The summed E-state index contributed by atoms with van der Waals surface area (Å²) in [5.74, 6) is -3.24. The highest BCUT2D eigenvalue weighted by Gasteiger charge is 2.54. The number of fused-ring (bicyclic) bond motifs is 1. The first-order valence-electron chi connectivity index (χ1n) is 8.34. The molecule has 2 atom stereocenters. The van der Waals surface area contributed by atoms with Crippen molar-refractivity contribution < 1.29 is 37.5 Å². The van der Waals surface area contributed by atoms with Crippen molar-refractivity contribution in [2.24, 2.45) is 5.16 Å². The van der Waals surface area contributed by atoms with Crippen LogP contribution in [0, 0.1) is 0 Å². The zero-order chi connectivity index (χ0) is 22.9. The number of nitrogens with two attached hydrogens (primary N) is 1. The van der Waals surface area contributed by atoms with Crippen LogP contribution in [0.15, 0.2) is 34.0 Å². The molecule has 3 rings (SSSR count). The molecule has 0 aromatic carbocycles. The van der Waals surface area contributed by atoms with Gasteiger partial charge in [0.05, 0.1) is 0 Å². The van der Waals surface area contributed by atoms with Gasteiger partial charge in [-0.05, 0) is 5.57 Å². The first-order valence-corrected chi connectivity index (χ1v) is 10.3. The van der Waals surface area contributed by atoms with E-state index in [-0.39, 0.29) is 33.9 Å². The summed E-state index contributed by atoms with van der Waals surface area (Å²) in [7, 11) is 1.20. The van der Waals surface area contributed by atoms with Gasteiger partial charge in [0, 0.05) is 17.2 Å². The lowest BCUT2D eigenvalue weighted by Crippen LogP contribution is -2.71. The van der Waals surface area contributed by atoms with Crippen molar-refractivity contribution in [1.82, 2.24) is 15.2 Å². The maximum Gasteiger partial charge on any atom is 0.409 e. The quantitative estimate of drug-likeness (QED) is 0.312. The third kappa shape index (κ3) is 4.66. The van der Waals surface area contributed by atoms with E-state index in [1.807, 2.05) is 0 Å². The van der Waals surface area contributed by atoms with Crippen molar-refractivity contribution >= 4 is 51.7 Å². The summed E-state index contributed by atoms with van der Waals surface area (Å²) in [6, 6.07) is -1.11. The molecule has 2 unspecified atom stereocenters. The number of rotatable bonds is 6. The number of alkyl halides is 3. The van der Waals surface area contributed by atoms with Crippen LogP contribution < -0.4 is 11.1 Å². The minimum Gasteiger partial charge on any atom is -0.477 e. The van der Waals surface area contributed by atoms with Crippen LogP contribution in [0.4, 0.5) is 18.3 Å². The van der Waals surface area contributed by atoms with Crippen molar-refractivity contribution in [2.75, 3.05) is 18.6 Å². The molecule has 10 nitrogen and oxygen atoms in total. The SMILES string of the molecule is CO/N=C(\C(=O)NC1C(=O)N2C(C(=O)O)=C(/C=C/C(F)(F)F)CSC12)c1csc(N)n1. The van der Waals surface area contributed by atoms with Gasteiger partial charge in [-0.15, -0.1) is 23.1 Å². The number of nitrogens with one attached hydrogen (secondary N) is 1. The van der Waals surface area contributed by atoms with Gasteiger partial charge in [-0.1, -0.05) is 11.2 Å². The Kier molecular flexibility index (Phi) is 6.26. The molecule has 0 radical (unpaired) electrons. The van der Waals surface area contributed by atoms with Gasteiger partial charge >= 0.3 is 12.1 Å². The minimum atomic E-state index is -4.64. The molecule has 0 bridgehead atoms. The Bertz CT molecular complexity index is 1020. The monoisotopic (exact) mass is 477 g/mol. The van der Waals surface area contributed by atoms with Gasteiger partial charge in [-0.2, -0.15) is 13.2 Å². The van der Waals surface area contributed by atoms with Crippen LogP contribution in [0.25, 0.3) is 0 Å². The number of allylic oxidation sites excluding steroid dienone is 2. The molecule has 0 aliphatic carbocycles. The second kappa shape index (κ2) is 8.58. The van der Waals surface area contributed by atoms with Crippen LogP contribution >= 0.6 is 23.1 Å². The molecule has 2 amide bonds. The Hall–Kier alpha value is -3.07. The number of carbonyl (C=O) groups excluding carboxylic acids is 2. The van der Waals surface area contributed by atoms with Crippen molar-refractivity contribution in [1.29, 1.82) is 0 Å². The maximum atomic E-state index is 12.6. The number of thiazole rings is 1. The van der Waals surface area contributed by atoms with Crippen LogP contribution in [0.5, 0.6) is 0 Å². The molecule has 31 heavy (non-hydrogen) atoms. The van der Waals surface area contributed by atoms with Crippen molar-refractivity contribution in [3.8, 4) is 0 Å². The topological polar surface area (TPSA) is 147 Å². The molecular formula is C16H14F3N5O5S2. The zero-order valence-electron chi connectivity index (χ0n) is 15.5. The van der Waals surface area contributed by atoms with Crippen LogP contribution in [0.2, 0.25) is 0 Å². The minimum absolute atomic E-state index is 0.0945. The number of amides is 2. The fourth-order valence-corrected chi connectivity index (χ4v) is 4.73.